The van der Waals surface area contributed by atoms with Gasteiger partial charge in [0.15, 0.2) is 6.61 Å². The molecule has 1 N–H and O–H groups in total. The molecule has 140 valence electrons. The first-order chi connectivity index (χ1) is 12.4. The van der Waals surface area contributed by atoms with Crippen molar-refractivity contribution in [2.45, 2.75) is 37.1 Å². The highest BCUT2D eigenvalue weighted by atomic mass is 32.2. The highest BCUT2D eigenvalue weighted by Gasteiger charge is 2.30. The summed E-state index contributed by atoms with van der Waals surface area (Å²) in [4.78, 5) is 23.4. The fraction of sp³-hybridized carbons (Fsp3) is 0.444. The van der Waals surface area contributed by atoms with Gasteiger partial charge < -0.3 is 10.1 Å². The third-order valence-electron chi connectivity index (χ3n) is 4.16. The van der Waals surface area contributed by atoms with Gasteiger partial charge >= 0.3 is 5.97 Å². The van der Waals surface area contributed by atoms with E-state index >= 15 is 0 Å². The van der Waals surface area contributed by atoms with E-state index in [1.807, 2.05) is 6.92 Å². The molecule has 1 aliphatic heterocycles. The number of hydrogen-bond donors (Lipinski definition) is 1. The molecule has 1 aromatic rings. The lowest BCUT2D eigenvalue weighted by Crippen LogP contribution is -2.41. The number of esters is 1. The summed E-state index contributed by atoms with van der Waals surface area (Å²) in [6.07, 6.45) is 7.71. The number of terminal acetylenes is 1. The number of rotatable bonds is 6. The molecular formula is C18H22N2O5S. The lowest BCUT2D eigenvalue weighted by atomic mass is 10.1. The Balaban J connectivity index is 2.02. The molecule has 1 aliphatic rings. The van der Waals surface area contributed by atoms with Crippen molar-refractivity contribution in [3.63, 3.8) is 0 Å². The number of piperidine rings is 1. The Labute approximate surface area is 153 Å². The van der Waals surface area contributed by atoms with E-state index in [1.165, 1.54) is 28.6 Å². The van der Waals surface area contributed by atoms with E-state index in [2.05, 4.69) is 11.2 Å². The van der Waals surface area contributed by atoms with E-state index in [1.54, 1.807) is 0 Å². The van der Waals surface area contributed by atoms with Crippen molar-refractivity contribution in [3.8, 4) is 12.3 Å². The molecule has 0 spiro atoms. The summed E-state index contributed by atoms with van der Waals surface area (Å²) in [5.74, 6) is 1.02. The van der Waals surface area contributed by atoms with Crippen molar-refractivity contribution in [2.24, 2.45) is 0 Å². The molecule has 0 saturated carbocycles. The first-order valence-corrected chi connectivity index (χ1v) is 9.79. The molecule has 7 nitrogen and oxygen atoms in total. The number of amides is 1. The second-order valence-electron chi connectivity index (χ2n) is 6.04. The van der Waals surface area contributed by atoms with Crippen LogP contribution in [0.3, 0.4) is 0 Å². The van der Waals surface area contributed by atoms with Crippen LogP contribution in [0.15, 0.2) is 29.2 Å². The van der Waals surface area contributed by atoms with E-state index < -0.39 is 28.5 Å². The third kappa shape index (κ3) is 4.84. The van der Waals surface area contributed by atoms with Crippen molar-refractivity contribution in [1.29, 1.82) is 0 Å². The minimum Gasteiger partial charge on any atom is -0.452 e. The molecule has 0 aromatic heterocycles. The summed E-state index contributed by atoms with van der Waals surface area (Å²) in [5.41, 5.74) is 0.167. The number of hydrogen-bond acceptors (Lipinski definition) is 5. The molecule has 1 aromatic carbocycles. The third-order valence-corrected chi connectivity index (χ3v) is 6.19. The van der Waals surface area contributed by atoms with Gasteiger partial charge in [0.2, 0.25) is 10.0 Å². The quantitative estimate of drug-likeness (QED) is 0.592. The van der Waals surface area contributed by atoms with Crippen LogP contribution in [0.25, 0.3) is 0 Å². The van der Waals surface area contributed by atoms with Gasteiger partial charge in [0.25, 0.3) is 5.91 Å². The van der Waals surface area contributed by atoms with Crippen LogP contribution in [0, 0.1) is 12.3 Å². The average Bonchev–Trinajstić information content (AvgIpc) is 2.64. The molecule has 2 rings (SSSR count). The normalized spacial score (nSPS) is 17.9. The molecule has 1 heterocycles. The molecule has 1 amide bonds. The molecule has 8 heteroatoms. The van der Waals surface area contributed by atoms with E-state index in [-0.39, 0.29) is 23.0 Å². The van der Waals surface area contributed by atoms with Gasteiger partial charge in [-0.25, -0.2) is 13.2 Å². The Hall–Kier alpha value is -2.37. The molecule has 1 unspecified atom stereocenters. The molecule has 1 atom stereocenters. The summed E-state index contributed by atoms with van der Waals surface area (Å²) >= 11 is 0. The Kier molecular flexibility index (Phi) is 6.77. The van der Waals surface area contributed by atoms with Crippen LogP contribution in [-0.4, -0.2) is 50.3 Å². The van der Waals surface area contributed by atoms with Crippen LogP contribution >= 0.6 is 0 Å². The molecule has 0 bridgehead atoms. The van der Waals surface area contributed by atoms with Gasteiger partial charge in [-0.15, -0.1) is 6.42 Å². The number of carbonyl (C=O) groups is 2. The minimum absolute atomic E-state index is 0.0417. The number of benzene rings is 1. The number of carbonyl (C=O) groups excluding carboxylic acids is 2. The molecule has 1 saturated heterocycles. The number of nitrogens with zero attached hydrogens (tertiary/aromatic N) is 1. The summed E-state index contributed by atoms with van der Waals surface area (Å²) < 4.78 is 31.8. The first-order valence-electron chi connectivity index (χ1n) is 8.35. The highest BCUT2D eigenvalue weighted by molar-refractivity contribution is 7.89. The smallest absolute Gasteiger partial charge is 0.338 e. The van der Waals surface area contributed by atoms with Crippen molar-refractivity contribution in [2.75, 3.05) is 19.7 Å². The molecule has 0 radical (unpaired) electrons. The molecule has 1 fully saturated rings. The maximum Gasteiger partial charge on any atom is 0.338 e. The van der Waals surface area contributed by atoms with Gasteiger partial charge in [-0.1, -0.05) is 12.3 Å². The number of nitrogens with one attached hydrogen (secondary N) is 1. The van der Waals surface area contributed by atoms with Gasteiger partial charge in [-0.3, -0.25) is 4.79 Å². The highest BCUT2D eigenvalue weighted by Crippen LogP contribution is 2.25. The second-order valence-corrected chi connectivity index (χ2v) is 7.93. The second kappa shape index (κ2) is 8.83. The first kappa shape index (κ1) is 19.9. The zero-order chi connectivity index (χ0) is 19.2. The Morgan fingerprint density at radius 3 is 2.62 bits per heavy atom. The van der Waals surface area contributed by atoms with E-state index in [0.717, 1.165) is 19.3 Å². The Bertz CT molecular complexity index is 796. The fourth-order valence-electron chi connectivity index (χ4n) is 2.74. The average molecular weight is 378 g/mol. The maximum absolute atomic E-state index is 12.7. The number of sulfonamides is 1. The Morgan fingerprint density at radius 2 is 2.00 bits per heavy atom. The summed E-state index contributed by atoms with van der Waals surface area (Å²) in [5, 5.41) is 2.37. The van der Waals surface area contributed by atoms with E-state index in [0.29, 0.717) is 6.54 Å². The molecule has 0 aliphatic carbocycles. The van der Waals surface area contributed by atoms with Gasteiger partial charge in [0.1, 0.15) is 0 Å². The van der Waals surface area contributed by atoms with Crippen molar-refractivity contribution >= 4 is 21.9 Å². The molecular weight excluding hydrogens is 356 g/mol. The van der Waals surface area contributed by atoms with Crippen LogP contribution in [0.2, 0.25) is 0 Å². The lowest BCUT2D eigenvalue weighted by Gasteiger charge is -2.32. The van der Waals surface area contributed by atoms with E-state index in [4.69, 9.17) is 11.2 Å². The standard InChI is InChI=1S/C18H22N2O5S/c1-3-11-19-17(21)13-25-18(22)15-7-9-16(10-8-15)26(23,24)20-12-5-4-6-14(20)2/h1,7-10,14H,4-6,11-13H2,2H3,(H,19,21). The van der Waals surface area contributed by atoms with Gasteiger partial charge in [-0.05, 0) is 44.0 Å². The zero-order valence-electron chi connectivity index (χ0n) is 14.6. The van der Waals surface area contributed by atoms with E-state index in [9.17, 15) is 18.0 Å². The maximum atomic E-state index is 12.7. The lowest BCUT2D eigenvalue weighted by molar-refractivity contribution is -0.123. The number of ether oxygens (including phenoxy) is 1. The van der Waals surface area contributed by atoms with Crippen LogP contribution in [0.4, 0.5) is 0 Å². The topological polar surface area (TPSA) is 92.8 Å². The summed E-state index contributed by atoms with van der Waals surface area (Å²) in [6.45, 7) is 2.00. The summed E-state index contributed by atoms with van der Waals surface area (Å²) in [6, 6.07) is 5.48. The minimum atomic E-state index is -3.59. The van der Waals surface area contributed by atoms with Crippen molar-refractivity contribution in [1.82, 2.24) is 9.62 Å². The zero-order valence-corrected chi connectivity index (χ0v) is 15.4. The van der Waals surface area contributed by atoms with Crippen LogP contribution in [0.5, 0.6) is 0 Å². The van der Waals surface area contributed by atoms with Crippen LogP contribution < -0.4 is 5.32 Å². The van der Waals surface area contributed by atoms with Crippen LogP contribution in [-0.2, 0) is 19.6 Å². The van der Waals surface area contributed by atoms with Crippen molar-refractivity contribution < 1.29 is 22.7 Å². The van der Waals surface area contributed by atoms with Crippen molar-refractivity contribution in [3.05, 3.63) is 29.8 Å². The predicted octanol–water partition coefficient (Wildman–Crippen LogP) is 1.16. The van der Waals surface area contributed by atoms with Gasteiger partial charge in [0.05, 0.1) is 17.0 Å². The summed E-state index contributed by atoms with van der Waals surface area (Å²) in [7, 11) is -3.59. The predicted molar refractivity (Wildman–Crippen MR) is 95.8 cm³/mol. The SMILES string of the molecule is C#CCNC(=O)COC(=O)c1ccc(S(=O)(=O)N2CCCCC2C)cc1. The molecule has 26 heavy (non-hydrogen) atoms. The van der Waals surface area contributed by atoms with Gasteiger partial charge in [-0.2, -0.15) is 4.31 Å². The monoisotopic (exact) mass is 378 g/mol. The fourth-order valence-corrected chi connectivity index (χ4v) is 4.44. The largest absolute Gasteiger partial charge is 0.452 e. The van der Waals surface area contributed by atoms with Gasteiger partial charge in [0, 0.05) is 12.6 Å². The Morgan fingerprint density at radius 1 is 1.31 bits per heavy atom. The van der Waals surface area contributed by atoms with Crippen LogP contribution in [0.1, 0.15) is 36.5 Å².